The van der Waals surface area contributed by atoms with Gasteiger partial charge in [0.15, 0.2) is 0 Å². The first-order valence-electron chi connectivity index (χ1n) is 6.03. The molecule has 0 unspecified atom stereocenters. The summed E-state index contributed by atoms with van der Waals surface area (Å²) in [6.45, 7) is 2.61. The summed E-state index contributed by atoms with van der Waals surface area (Å²) < 4.78 is 5.07. The van der Waals surface area contributed by atoms with Crippen molar-refractivity contribution in [3.8, 4) is 0 Å². The van der Waals surface area contributed by atoms with E-state index >= 15 is 0 Å². The lowest BCUT2D eigenvalue weighted by molar-refractivity contribution is 0.0695. The second-order valence-corrected chi connectivity index (χ2v) is 5.48. The molecule has 0 radical (unpaired) electrons. The largest absolute Gasteiger partial charge is 0.351 e. The van der Waals surface area contributed by atoms with E-state index in [1.165, 1.54) is 4.88 Å². The van der Waals surface area contributed by atoms with Crippen LogP contribution < -0.4 is 0 Å². The Hall–Kier alpha value is -1.62. The first-order chi connectivity index (χ1) is 8.75. The maximum atomic E-state index is 12.4. The van der Waals surface area contributed by atoms with Crippen LogP contribution in [-0.2, 0) is 0 Å². The van der Waals surface area contributed by atoms with Crippen molar-refractivity contribution >= 4 is 17.2 Å². The maximum absolute atomic E-state index is 12.4. The molecule has 3 heterocycles. The predicted octanol–water partition coefficient (Wildman–Crippen LogP) is 3.02. The van der Waals surface area contributed by atoms with Gasteiger partial charge in [-0.15, -0.1) is 11.3 Å². The number of carbonyl (C=O) groups excluding carboxylic acids is 1. The second kappa shape index (κ2) is 4.57. The van der Waals surface area contributed by atoms with Crippen LogP contribution in [0.4, 0.5) is 0 Å². The molecule has 94 valence electrons. The molecule has 0 aromatic carbocycles. The summed E-state index contributed by atoms with van der Waals surface area (Å²) >= 11 is 1.70. The number of thiophene rings is 1. The van der Waals surface area contributed by atoms with Gasteiger partial charge in [-0.2, -0.15) is 0 Å². The van der Waals surface area contributed by atoms with Gasteiger partial charge in [0.05, 0.1) is 11.7 Å². The number of carbonyl (C=O) groups is 1. The molecule has 1 atom stereocenters. The van der Waals surface area contributed by atoms with Crippen molar-refractivity contribution in [1.29, 1.82) is 0 Å². The van der Waals surface area contributed by atoms with Crippen molar-refractivity contribution in [1.82, 2.24) is 10.1 Å². The Bertz CT molecular complexity index is 547. The van der Waals surface area contributed by atoms with E-state index in [-0.39, 0.29) is 11.9 Å². The normalized spacial score (nSPS) is 19.4. The number of aromatic nitrogens is 1. The van der Waals surface area contributed by atoms with Crippen molar-refractivity contribution in [2.24, 2.45) is 0 Å². The molecule has 1 aliphatic heterocycles. The van der Waals surface area contributed by atoms with Gasteiger partial charge >= 0.3 is 0 Å². The Balaban J connectivity index is 1.85. The van der Waals surface area contributed by atoms with Crippen LogP contribution in [0.25, 0.3) is 0 Å². The van der Waals surface area contributed by atoms with E-state index in [9.17, 15) is 4.79 Å². The molecule has 2 aromatic rings. The molecular weight excluding hydrogens is 248 g/mol. The topological polar surface area (TPSA) is 46.3 Å². The highest BCUT2D eigenvalue weighted by Crippen LogP contribution is 2.35. The molecule has 5 heteroatoms. The number of aryl methyl sites for hydroxylation is 1. The monoisotopic (exact) mass is 262 g/mol. The smallest absolute Gasteiger partial charge is 0.293 e. The predicted molar refractivity (Wildman–Crippen MR) is 68.6 cm³/mol. The Labute approximate surface area is 109 Å². The maximum Gasteiger partial charge on any atom is 0.293 e. The molecule has 1 amide bonds. The molecule has 18 heavy (non-hydrogen) atoms. The molecule has 4 nitrogen and oxygen atoms in total. The standard InChI is InChI=1S/C13H14N2O2S/c1-9-8-11(17-14-9)13(16)15-6-2-4-10(15)12-5-3-7-18-12/h3,5,7-8,10H,2,4,6H2,1H3/t10-/m1/s1. The summed E-state index contributed by atoms with van der Waals surface area (Å²) in [6, 6.07) is 6.01. The minimum atomic E-state index is -0.0495. The Kier molecular flexibility index (Phi) is 2.91. The van der Waals surface area contributed by atoms with E-state index < -0.39 is 0 Å². The summed E-state index contributed by atoms with van der Waals surface area (Å²) in [6.07, 6.45) is 2.07. The van der Waals surface area contributed by atoms with E-state index in [1.54, 1.807) is 17.4 Å². The molecule has 3 rings (SSSR count). The van der Waals surface area contributed by atoms with Crippen molar-refractivity contribution in [2.75, 3.05) is 6.54 Å². The Morgan fingerprint density at radius 1 is 1.61 bits per heavy atom. The summed E-state index contributed by atoms with van der Waals surface area (Å²) in [5, 5.41) is 5.83. The summed E-state index contributed by atoms with van der Waals surface area (Å²) in [5.74, 6) is 0.294. The lowest BCUT2D eigenvalue weighted by Gasteiger charge is -2.22. The highest BCUT2D eigenvalue weighted by atomic mass is 32.1. The van der Waals surface area contributed by atoms with Gasteiger partial charge in [0.25, 0.3) is 5.91 Å². The van der Waals surface area contributed by atoms with Crippen molar-refractivity contribution in [3.05, 3.63) is 39.9 Å². The molecule has 0 saturated carbocycles. The highest BCUT2D eigenvalue weighted by molar-refractivity contribution is 7.10. The lowest BCUT2D eigenvalue weighted by Crippen LogP contribution is -2.29. The summed E-state index contributed by atoms with van der Waals surface area (Å²) in [5.41, 5.74) is 0.741. The highest BCUT2D eigenvalue weighted by Gasteiger charge is 2.32. The number of hydrogen-bond donors (Lipinski definition) is 0. The molecule has 2 aromatic heterocycles. The molecular formula is C13H14N2O2S. The van der Waals surface area contributed by atoms with Gasteiger partial charge in [0.2, 0.25) is 5.76 Å². The summed E-state index contributed by atoms with van der Waals surface area (Å²) in [4.78, 5) is 15.5. The molecule has 0 bridgehead atoms. The van der Waals surface area contributed by atoms with Gasteiger partial charge < -0.3 is 9.42 Å². The van der Waals surface area contributed by atoms with Gasteiger partial charge in [-0.3, -0.25) is 4.79 Å². The number of likely N-dealkylation sites (tertiary alicyclic amines) is 1. The molecule has 0 N–H and O–H groups in total. The zero-order chi connectivity index (χ0) is 12.5. The molecule has 1 fully saturated rings. The van der Waals surface area contributed by atoms with Gasteiger partial charge in [0, 0.05) is 17.5 Å². The SMILES string of the molecule is Cc1cc(C(=O)N2CCC[C@@H]2c2cccs2)on1. The Morgan fingerprint density at radius 2 is 2.50 bits per heavy atom. The third kappa shape index (κ3) is 1.95. The first kappa shape index (κ1) is 11.5. The Morgan fingerprint density at radius 3 is 3.17 bits per heavy atom. The minimum Gasteiger partial charge on any atom is -0.351 e. The third-order valence-corrected chi connectivity index (χ3v) is 4.20. The fourth-order valence-corrected chi connectivity index (χ4v) is 3.27. The van der Waals surface area contributed by atoms with Crippen molar-refractivity contribution < 1.29 is 9.32 Å². The number of hydrogen-bond acceptors (Lipinski definition) is 4. The van der Waals surface area contributed by atoms with Gasteiger partial charge in [-0.25, -0.2) is 0 Å². The van der Waals surface area contributed by atoms with Gasteiger partial charge in [-0.1, -0.05) is 11.2 Å². The van der Waals surface area contributed by atoms with Crippen LogP contribution >= 0.6 is 11.3 Å². The van der Waals surface area contributed by atoms with Gasteiger partial charge in [0.1, 0.15) is 0 Å². The minimum absolute atomic E-state index is 0.0495. The number of amides is 1. The van der Waals surface area contributed by atoms with Crippen molar-refractivity contribution in [2.45, 2.75) is 25.8 Å². The second-order valence-electron chi connectivity index (χ2n) is 4.50. The first-order valence-corrected chi connectivity index (χ1v) is 6.91. The fourth-order valence-electron chi connectivity index (χ4n) is 2.39. The van der Waals surface area contributed by atoms with E-state index in [0.29, 0.717) is 5.76 Å². The zero-order valence-electron chi connectivity index (χ0n) is 10.1. The molecule has 0 spiro atoms. The third-order valence-electron chi connectivity index (χ3n) is 3.22. The van der Waals surface area contributed by atoms with Gasteiger partial charge in [-0.05, 0) is 31.2 Å². The van der Waals surface area contributed by atoms with Crippen LogP contribution in [-0.4, -0.2) is 22.5 Å². The lowest BCUT2D eigenvalue weighted by atomic mass is 10.2. The van der Waals surface area contributed by atoms with E-state index in [2.05, 4.69) is 16.6 Å². The van der Waals surface area contributed by atoms with Crippen LogP contribution in [0.5, 0.6) is 0 Å². The average molecular weight is 262 g/mol. The number of rotatable bonds is 2. The van der Waals surface area contributed by atoms with Crippen LogP contribution in [0, 0.1) is 6.92 Å². The number of nitrogens with zero attached hydrogens (tertiary/aromatic N) is 2. The molecule has 1 aliphatic rings. The zero-order valence-corrected chi connectivity index (χ0v) is 10.9. The van der Waals surface area contributed by atoms with Crippen LogP contribution in [0.2, 0.25) is 0 Å². The van der Waals surface area contributed by atoms with Crippen molar-refractivity contribution in [3.63, 3.8) is 0 Å². The van der Waals surface area contributed by atoms with Crippen LogP contribution in [0.15, 0.2) is 28.1 Å². The van der Waals surface area contributed by atoms with E-state index in [0.717, 1.165) is 25.1 Å². The average Bonchev–Trinajstić information content (AvgIpc) is 3.08. The fraction of sp³-hybridized carbons (Fsp3) is 0.385. The van der Waals surface area contributed by atoms with Crippen LogP contribution in [0.3, 0.4) is 0 Å². The van der Waals surface area contributed by atoms with E-state index in [4.69, 9.17) is 4.52 Å². The van der Waals surface area contributed by atoms with Crippen LogP contribution in [0.1, 0.15) is 40.0 Å². The summed E-state index contributed by atoms with van der Waals surface area (Å²) in [7, 11) is 0. The van der Waals surface area contributed by atoms with E-state index in [1.807, 2.05) is 17.9 Å². The quantitative estimate of drug-likeness (QED) is 0.835. The molecule has 1 saturated heterocycles. The molecule has 0 aliphatic carbocycles.